The van der Waals surface area contributed by atoms with E-state index in [0.717, 1.165) is 25.7 Å². The van der Waals surface area contributed by atoms with Crippen molar-refractivity contribution in [3.63, 3.8) is 0 Å². The molecule has 0 N–H and O–H groups in total. The van der Waals surface area contributed by atoms with Gasteiger partial charge in [0.1, 0.15) is 0 Å². The van der Waals surface area contributed by atoms with Crippen LogP contribution in [0.1, 0.15) is 104 Å². The molecule has 0 aliphatic heterocycles. The molecule has 0 aliphatic rings. The Labute approximate surface area is 148 Å². The van der Waals surface area contributed by atoms with Crippen molar-refractivity contribution in [2.24, 2.45) is 0 Å². The zero-order chi connectivity index (χ0) is 17.9. The molecule has 0 radical (unpaired) electrons. The first kappa shape index (κ1) is 22.9. The van der Waals surface area contributed by atoms with Crippen LogP contribution in [0.4, 0.5) is 0 Å². The molecule has 0 aromatic carbocycles. The van der Waals surface area contributed by atoms with E-state index in [0.29, 0.717) is 13.2 Å². The Bertz CT molecular complexity index is 302. The molecule has 4 heteroatoms. The molecular weight excluding hydrogens is 304 g/mol. The van der Waals surface area contributed by atoms with Crippen molar-refractivity contribution in [1.82, 2.24) is 0 Å². The lowest BCUT2D eigenvalue weighted by molar-refractivity contribution is -0.150. The van der Waals surface area contributed by atoms with Gasteiger partial charge in [0.15, 0.2) is 0 Å². The molecule has 0 bridgehead atoms. The zero-order valence-electron chi connectivity index (χ0n) is 15.9. The van der Waals surface area contributed by atoms with Gasteiger partial charge in [0.05, 0.1) is 26.1 Å². The first-order valence-electron chi connectivity index (χ1n) is 10.0. The number of hydrogen-bond acceptors (Lipinski definition) is 4. The Hall–Kier alpha value is -1.06. The molecule has 0 rings (SSSR count). The second kappa shape index (κ2) is 18.3. The fourth-order valence-electron chi connectivity index (χ4n) is 2.45. The molecule has 4 nitrogen and oxygen atoms in total. The van der Waals surface area contributed by atoms with E-state index in [1.807, 2.05) is 6.92 Å². The maximum atomic E-state index is 11.5. The van der Waals surface area contributed by atoms with Gasteiger partial charge in [-0.3, -0.25) is 9.59 Å². The Balaban J connectivity index is 3.27. The lowest BCUT2D eigenvalue weighted by Gasteiger charge is -2.06. The van der Waals surface area contributed by atoms with Gasteiger partial charge < -0.3 is 9.47 Å². The second-order valence-corrected chi connectivity index (χ2v) is 6.48. The Morgan fingerprint density at radius 3 is 1.38 bits per heavy atom. The van der Waals surface area contributed by atoms with Gasteiger partial charge in [0.25, 0.3) is 0 Å². The van der Waals surface area contributed by atoms with Crippen LogP contribution in [-0.2, 0) is 19.1 Å². The lowest BCUT2D eigenvalue weighted by atomic mass is 10.1. The molecule has 0 fully saturated rings. The van der Waals surface area contributed by atoms with E-state index in [1.54, 1.807) is 0 Å². The first-order chi connectivity index (χ1) is 11.7. The van der Waals surface area contributed by atoms with Gasteiger partial charge in [-0.25, -0.2) is 0 Å². The van der Waals surface area contributed by atoms with Crippen molar-refractivity contribution in [3.8, 4) is 0 Å². The largest absolute Gasteiger partial charge is 0.466 e. The number of unbranched alkanes of at least 4 members (excludes halogenated alkanes) is 10. The maximum absolute atomic E-state index is 11.5. The third kappa shape index (κ3) is 17.3. The highest BCUT2D eigenvalue weighted by Crippen LogP contribution is 2.10. The molecular formula is C20H38O4. The van der Waals surface area contributed by atoms with E-state index in [2.05, 4.69) is 6.92 Å². The summed E-state index contributed by atoms with van der Waals surface area (Å²) in [5.74, 6) is -0.599. The van der Waals surface area contributed by atoms with Gasteiger partial charge >= 0.3 is 11.9 Å². The molecule has 24 heavy (non-hydrogen) atoms. The highest BCUT2D eigenvalue weighted by Gasteiger charge is 2.08. The number of carbonyl (C=O) groups excluding carboxylic acids is 2. The number of rotatable bonds is 17. The van der Waals surface area contributed by atoms with Crippen molar-refractivity contribution < 1.29 is 19.1 Å². The van der Waals surface area contributed by atoms with Gasteiger partial charge in [-0.15, -0.1) is 0 Å². The van der Waals surface area contributed by atoms with E-state index < -0.39 is 0 Å². The van der Waals surface area contributed by atoms with Crippen molar-refractivity contribution in [3.05, 3.63) is 0 Å². The average Bonchev–Trinajstić information content (AvgIpc) is 2.58. The smallest absolute Gasteiger partial charge is 0.306 e. The Morgan fingerprint density at radius 1 is 0.542 bits per heavy atom. The number of carbonyl (C=O) groups is 2. The van der Waals surface area contributed by atoms with Crippen molar-refractivity contribution in [2.45, 2.75) is 104 Å². The van der Waals surface area contributed by atoms with Crippen LogP contribution < -0.4 is 0 Å². The fraction of sp³-hybridized carbons (Fsp3) is 0.900. The molecule has 0 atom stereocenters. The summed E-state index contributed by atoms with van der Waals surface area (Å²) in [4.78, 5) is 22.9. The summed E-state index contributed by atoms with van der Waals surface area (Å²) in [6.45, 7) is 5.20. The molecule has 0 amide bonds. The molecule has 0 spiro atoms. The third-order valence-corrected chi connectivity index (χ3v) is 4.06. The second-order valence-electron chi connectivity index (χ2n) is 6.48. The monoisotopic (exact) mass is 342 g/mol. The van der Waals surface area contributed by atoms with E-state index in [1.165, 1.54) is 51.4 Å². The van der Waals surface area contributed by atoms with E-state index in [4.69, 9.17) is 9.47 Å². The first-order valence-corrected chi connectivity index (χ1v) is 10.0. The van der Waals surface area contributed by atoms with Crippen molar-refractivity contribution >= 4 is 11.9 Å². The third-order valence-electron chi connectivity index (χ3n) is 4.06. The highest BCUT2D eigenvalue weighted by atomic mass is 16.5. The lowest BCUT2D eigenvalue weighted by Crippen LogP contribution is -2.11. The SMILES string of the molecule is CCCCCCCCCCCCOC(=O)CCC(=O)OCCCC. The van der Waals surface area contributed by atoms with Crippen LogP contribution in [0, 0.1) is 0 Å². The normalized spacial score (nSPS) is 10.6. The fourth-order valence-corrected chi connectivity index (χ4v) is 2.45. The van der Waals surface area contributed by atoms with E-state index in [9.17, 15) is 9.59 Å². The highest BCUT2D eigenvalue weighted by molar-refractivity contribution is 5.77. The van der Waals surface area contributed by atoms with Crippen molar-refractivity contribution in [1.29, 1.82) is 0 Å². The zero-order valence-corrected chi connectivity index (χ0v) is 15.9. The predicted molar refractivity (Wildman–Crippen MR) is 97.9 cm³/mol. The summed E-state index contributed by atoms with van der Waals surface area (Å²) < 4.78 is 10.1. The van der Waals surface area contributed by atoms with Crippen LogP contribution >= 0.6 is 0 Å². The van der Waals surface area contributed by atoms with Gasteiger partial charge in [0, 0.05) is 0 Å². The van der Waals surface area contributed by atoms with Crippen LogP contribution in [0.25, 0.3) is 0 Å². The summed E-state index contributed by atoms with van der Waals surface area (Å²) >= 11 is 0. The molecule has 0 heterocycles. The summed E-state index contributed by atoms with van der Waals surface area (Å²) in [5, 5.41) is 0. The quantitative estimate of drug-likeness (QED) is 0.256. The van der Waals surface area contributed by atoms with Gasteiger partial charge in [0.2, 0.25) is 0 Å². The molecule has 0 saturated heterocycles. The minimum atomic E-state index is -0.306. The van der Waals surface area contributed by atoms with E-state index in [-0.39, 0.29) is 24.8 Å². The summed E-state index contributed by atoms with van der Waals surface area (Å²) in [6, 6.07) is 0. The van der Waals surface area contributed by atoms with Gasteiger partial charge in [-0.1, -0.05) is 78.1 Å². The van der Waals surface area contributed by atoms with Crippen molar-refractivity contribution in [2.75, 3.05) is 13.2 Å². The summed E-state index contributed by atoms with van der Waals surface area (Å²) in [7, 11) is 0. The van der Waals surface area contributed by atoms with Crippen LogP contribution in [0.5, 0.6) is 0 Å². The van der Waals surface area contributed by atoms with Gasteiger partial charge in [-0.2, -0.15) is 0 Å². The van der Waals surface area contributed by atoms with Crippen LogP contribution in [0.3, 0.4) is 0 Å². The number of ether oxygens (including phenoxy) is 2. The number of hydrogen-bond donors (Lipinski definition) is 0. The van der Waals surface area contributed by atoms with Crippen LogP contribution in [-0.4, -0.2) is 25.2 Å². The molecule has 0 aliphatic carbocycles. The minimum absolute atomic E-state index is 0.126. The Kier molecular flexibility index (Phi) is 17.5. The average molecular weight is 343 g/mol. The summed E-state index contributed by atoms with van der Waals surface area (Å²) in [6.07, 6.45) is 14.7. The molecule has 142 valence electrons. The predicted octanol–water partition coefficient (Wildman–Crippen LogP) is 5.57. The van der Waals surface area contributed by atoms with E-state index >= 15 is 0 Å². The summed E-state index contributed by atoms with van der Waals surface area (Å²) in [5.41, 5.74) is 0. The molecule has 0 unspecified atom stereocenters. The van der Waals surface area contributed by atoms with Gasteiger partial charge in [-0.05, 0) is 12.8 Å². The molecule has 0 aromatic heterocycles. The molecule has 0 saturated carbocycles. The standard InChI is InChI=1S/C20H38O4/c1-3-5-7-8-9-10-11-12-13-14-18-24-20(22)16-15-19(21)23-17-6-4-2/h3-18H2,1-2H3. The van der Waals surface area contributed by atoms with Crippen LogP contribution in [0.2, 0.25) is 0 Å². The Morgan fingerprint density at radius 2 is 0.917 bits per heavy atom. The van der Waals surface area contributed by atoms with Crippen LogP contribution in [0.15, 0.2) is 0 Å². The molecule has 0 aromatic rings. The maximum Gasteiger partial charge on any atom is 0.306 e. The minimum Gasteiger partial charge on any atom is -0.466 e. The number of esters is 2. The topological polar surface area (TPSA) is 52.6 Å².